The minimum Gasteiger partial charge on any atom is -0.434 e. The monoisotopic (exact) mass is 296 g/mol. The maximum atomic E-state index is 12.4. The molecular formula is C16H22F2N2O. The molecule has 0 radical (unpaired) electrons. The molecule has 2 aliphatic rings. The van der Waals surface area contributed by atoms with E-state index >= 15 is 0 Å². The van der Waals surface area contributed by atoms with Gasteiger partial charge in [0.1, 0.15) is 5.75 Å². The number of benzene rings is 1. The first-order chi connectivity index (χ1) is 10.1. The summed E-state index contributed by atoms with van der Waals surface area (Å²) in [6.07, 6.45) is 3.76. The van der Waals surface area contributed by atoms with Crippen LogP contribution in [0.25, 0.3) is 0 Å². The molecule has 2 atom stereocenters. The van der Waals surface area contributed by atoms with Gasteiger partial charge in [0.25, 0.3) is 0 Å². The molecule has 5 heteroatoms. The molecular weight excluding hydrogens is 274 g/mol. The van der Waals surface area contributed by atoms with Crippen molar-refractivity contribution in [2.45, 2.75) is 51.4 Å². The van der Waals surface area contributed by atoms with Crippen molar-refractivity contribution >= 4 is 0 Å². The number of nitrogens with one attached hydrogen (secondary N) is 1. The third kappa shape index (κ3) is 3.52. The molecule has 3 rings (SSSR count). The first kappa shape index (κ1) is 14.7. The molecule has 2 fully saturated rings. The summed E-state index contributed by atoms with van der Waals surface area (Å²) in [5.74, 6) is 0.279. The zero-order chi connectivity index (χ0) is 14.8. The summed E-state index contributed by atoms with van der Waals surface area (Å²) in [4.78, 5) is 2.53. The van der Waals surface area contributed by atoms with Gasteiger partial charge in [-0.1, -0.05) is 17.7 Å². The third-order valence-corrected chi connectivity index (χ3v) is 4.52. The molecule has 0 spiro atoms. The van der Waals surface area contributed by atoms with Gasteiger partial charge in [-0.15, -0.1) is 0 Å². The van der Waals surface area contributed by atoms with Crippen LogP contribution in [0.2, 0.25) is 0 Å². The summed E-state index contributed by atoms with van der Waals surface area (Å²) in [6, 6.07) is 6.52. The lowest BCUT2D eigenvalue weighted by atomic mass is 10.1. The number of hydrogen-bond acceptors (Lipinski definition) is 3. The minimum atomic E-state index is -2.77. The number of nitrogens with zero attached hydrogens (tertiary/aromatic N) is 1. The van der Waals surface area contributed by atoms with Gasteiger partial charge in [-0.25, -0.2) is 0 Å². The van der Waals surface area contributed by atoms with Crippen LogP contribution in [0.1, 0.15) is 30.4 Å². The highest BCUT2D eigenvalue weighted by Gasteiger charge is 2.34. The lowest BCUT2D eigenvalue weighted by Gasteiger charge is -2.16. The third-order valence-electron chi connectivity index (χ3n) is 4.52. The van der Waals surface area contributed by atoms with Crippen LogP contribution in [-0.2, 0) is 6.54 Å². The predicted octanol–water partition coefficient (Wildman–Crippen LogP) is 2.92. The number of ether oxygens (including phenoxy) is 1. The first-order valence-corrected chi connectivity index (χ1v) is 7.63. The standard InChI is InChI=1S/C16H22F2N2O/c1-11-4-5-15(21-16(17)18)12(7-11)9-19-13-8-14-3-2-6-20(14)10-13/h4-5,7,13-14,16,19H,2-3,6,8-10H2,1H3. The van der Waals surface area contributed by atoms with E-state index in [9.17, 15) is 8.78 Å². The van der Waals surface area contributed by atoms with Crippen LogP contribution < -0.4 is 10.1 Å². The largest absolute Gasteiger partial charge is 0.434 e. The Bertz CT molecular complexity index is 483. The number of hydrogen-bond donors (Lipinski definition) is 1. The predicted molar refractivity (Wildman–Crippen MR) is 77.7 cm³/mol. The highest BCUT2D eigenvalue weighted by molar-refractivity contribution is 5.37. The average Bonchev–Trinajstić information content (AvgIpc) is 2.99. The molecule has 0 amide bonds. The fraction of sp³-hybridized carbons (Fsp3) is 0.625. The van der Waals surface area contributed by atoms with Crippen LogP contribution in [-0.4, -0.2) is 36.7 Å². The van der Waals surface area contributed by atoms with Crippen molar-refractivity contribution < 1.29 is 13.5 Å². The van der Waals surface area contributed by atoms with Gasteiger partial charge in [0.15, 0.2) is 0 Å². The SMILES string of the molecule is Cc1ccc(OC(F)F)c(CNC2CC3CCCN3C2)c1. The van der Waals surface area contributed by atoms with Gasteiger partial charge in [-0.05, 0) is 38.8 Å². The number of aryl methyl sites for hydroxylation is 1. The second kappa shape index (κ2) is 6.28. The van der Waals surface area contributed by atoms with E-state index in [0.717, 1.165) is 30.1 Å². The topological polar surface area (TPSA) is 24.5 Å². The summed E-state index contributed by atoms with van der Waals surface area (Å²) >= 11 is 0. The van der Waals surface area contributed by atoms with Gasteiger partial charge in [-0.3, -0.25) is 4.90 Å². The number of fused-ring (bicyclic) bond motifs is 1. The first-order valence-electron chi connectivity index (χ1n) is 7.63. The lowest BCUT2D eigenvalue weighted by Crippen LogP contribution is -2.32. The van der Waals surface area contributed by atoms with Crippen molar-refractivity contribution in [1.82, 2.24) is 10.2 Å². The fourth-order valence-corrected chi connectivity index (χ4v) is 3.55. The van der Waals surface area contributed by atoms with Crippen molar-refractivity contribution in [1.29, 1.82) is 0 Å². The van der Waals surface area contributed by atoms with E-state index in [-0.39, 0.29) is 5.75 Å². The lowest BCUT2D eigenvalue weighted by molar-refractivity contribution is -0.0505. The van der Waals surface area contributed by atoms with Crippen LogP contribution in [0.5, 0.6) is 5.75 Å². The molecule has 2 saturated heterocycles. The summed E-state index contributed by atoms with van der Waals surface area (Å²) in [5.41, 5.74) is 1.86. The maximum Gasteiger partial charge on any atom is 0.387 e. The van der Waals surface area contributed by atoms with Gasteiger partial charge in [0, 0.05) is 30.7 Å². The molecule has 21 heavy (non-hydrogen) atoms. The summed E-state index contributed by atoms with van der Waals surface area (Å²) < 4.78 is 29.5. The molecule has 1 aromatic rings. The van der Waals surface area contributed by atoms with Crippen molar-refractivity contribution in [3.8, 4) is 5.75 Å². The Morgan fingerprint density at radius 1 is 1.43 bits per heavy atom. The Morgan fingerprint density at radius 2 is 2.29 bits per heavy atom. The molecule has 2 unspecified atom stereocenters. The highest BCUT2D eigenvalue weighted by atomic mass is 19.3. The van der Waals surface area contributed by atoms with E-state index in [1.165, 1.54) is 19.4 Å². The fourth-order valence-electron chi connectivity index (χ4n) is 3.55. The van der Waals surface area contributed by atoms with Gasteiger partial charge >= 0.3 is 6.61 Å². The Labute approximate surface area is 124 Å². The summed E-state index contributed by atoms with van der Waals surface area (Å²) in [6.45, 7) is 2.04. The van der Waals surface area contributed by atoms with Crippen molar-refractivity contribution in [2.24, 2.45) is 0 Å². The molecule has 116 valence electrons. The van der Waals surface area contributed by atoms with Gasteiger partial charge < -0.3 is 10.1 Å². The Morgan fingerprint density at radius 3 is 3.05 bits per heavy atom. The summed E-state index contributed by atoms with van der Waals surface area (Å²) in [5, 5.41) is 3.50. The van der Waals surface area contributed by atoms with E-state index in [0.29, 0.717) is 12.6 Å². The average molecular weight is 296 g/mol. The molecule has 3 nitrogen and oxygen atoms in total. The van der Waals surface area contributed by atoms with Crippen LogP contribution in [0, 0.1) is 6.92 Å². The van der Waals surface area contributed by atoms with Crippen LogP contribution >= 0.6 is 0 Å². The molecule has 2 aliphatic heterocycles. The van der Waals surface area contributed by atoms with Crippen LogP contribution in [0.4, 0.5) is 8.78 Å². The van der Waals surface area contributed by atoms with Gasteiger partial charge in [0.05, 0.1) is 0 Å². The zero-order valence-electron chi connectivity index (χ0n) is 12.3. The maximum absolute atomic E-state index is 12.4. The molecule has 1 N–H and O–H groups in total. The Balaban J connectivity index is 1.60. The number of halogens is 2. The second-order valence-corrected chi connectivity index (χ2v) is 6.09. The van der Waals surface area contributed by atoms with E-state index in [1.807, 2.05) is 13.0 Å². The van der Waals surface area contributed by atoms with E-state index in [4.69, 9.17) is 0 Å². The molecule has 0 aliphatic carbocycles. The molecule has 1 aromatic carbocycles. The molecule has 2 heterocycles. The normalized spacial score (nSPS) is 25.5. The van der Waals surface area contributed by atoms with Crippen molar-refractivity contribution in [3.05, 3.63) is 29.3 Å². The van der Waals surface area contributed by atoms with E-state index < -0.39 is 6.61 Å². The highest BCUT2D eigenvalue weighted by Crippen LogP contribution is 2.28. The smallest absolute Gasteiger partial charge is 0.387 e. The van der Waals surface area contributed by atoms with Gasteiger partial charge in [0.2, 0.25) is 0 Å². The Hall–Kier alpha value is -1.20. The number of alkyl halides is 2. The Kier molecular flexibility index (Phi) is 4.40. The minimum absolute atomic E-state index is 0.279. The van der Waals surface area contributed by atoms with Gasteiger partial charge in [-0.2, -0.15) is 8.78 Å². The van der Waals surface area contributed by atoms with E-state index in [1.54, 1.807) is 12.1 Å². The zero-order valence-corrected chi connectivity index (χ0v) is 12.3. The molecule has 0 bridgehead atoms. The van der Waals surface area contributed by atoms with Crippen molar-refractivity contribution in [2.75, 3.05) is 13.1 Å². The number of rotatable bonds is 5. The molecule has 0 saturated carbocycles. The van der Waals surface area contributed by atoms with E-state index in [2.05, 4.69) is 15.0 Å². The van der Waals surface area contributed by atoms with Crippen molar-refractivity contribution in [3.63, 3.8) is 0 Å². The summed E-state index contributed by atoms with van der Waals surface area (Å²) in [7, 11) is 0. The van der Waals surface area contributed by atoms with Crippen LogP contribution in [0.15, 0.2) is 18.2 Å². The molecule has 0 aromatic heterocycles. The second-order valence-electron chi connectivity index (χ2n) is 6.09. The van der Waals surface area contributed by atoms with Crippen LogP contribution in [0.3, 0.4) is 0 Å². The quantitative estimate of drug-likeness (QED) is 0.904.